The van der Waals surface area contributed by atoms with E-state index < -0.39 is 0 Å². The summed E-state index contributed by atoms with van der Waals surface area (Å²) in [6.07, 6.45) is 1.70. The van der Waals surface area contributed by atoms with Crippen molar-refractivity contribution in [2.24, 2.45) is 0 Å². The van der Waals surface area contributed by atoms with Crippen molar-refractivity contribution in [3.05, 3.63) is 0 Å². The Morgan fingerprint density at radius 3 is 2.89 bits per heavy atom. The van der Waals surface area contributed by atoms with Crippen LogP contribution >= 0.6 is 0 Å². The van der Waals surface area contributed by atoms with Crippen LogP contribution in [-0.4, -0.2) is 73.3 Å². The molecule has 0 aromatic heterocycles. The minimum absolute atomic E-state index is 0.0281. The largest absolute Gasteiger partial charge is 0.345 e. The van der Waals surface area contributed by atoms with Gasteiger partial charge in [-0.15, -0.1) is 0 Å². The van der Waals surface area contributed by atoms with Crippen LogP contribution in [0.5, 0.6) is 0 Å². The Kier molecular flexibility index (Phi) is 6.30. The molecule has 6 nitrogen and oxygen atoms in total. The van der Waals surface area contributed by atoms with Crippen LogP contribution in [0, 0.1) is 11.3 Å². The summed E-state index contributed by atoms with van der Waals surface area (Å²) in [4.78, 5) is 28.9. The van der Waals surface area contributed by atoms with Gasteiger partial charge in [0.2, 0.25) is 11.8 Å². The van der Waals surface area contributed by atoms with E-state index in [0.29, 0.717) is 32.5 Å². The third-order valence-corrected chi connectivity index (χ3v) is 3.38. The number of carbonyl (C=O) groups is 2. The zero-order valence-corrected chi connectivity index (χ0v) is 11.8. The minimum atomic E-state index is 0.0281. The first kappa shape index (κ1) is 15.4. The third-order valence-electron chi connectivity index (χ3n) is 3.38. The number of nitrogens with zero attached hydrogens (tertiary/aromatic N) is 4. The molecule has 0 N–H and O–H groups in total. The van der Waals surface area contributed by atoms with Gasteiger partial charge in [-0.1, -0.05) is 0 Å². The first-order valence-electron chi connectivity index (χ1n) is 6.62. The highest BCUT2D eigenvalue weighted by molar-refractivity contribution is 5.78. The number of rotatable bonds is 5. The van der Waals surface area contributed by atoms with E-state index >= 15 is 0 Å². The maximum absolute atomic E-state index is 11.8. The Bertz CT molecular complexity index is 364. The molecule has 0 aromatic carbocycles. The van der Waals surface area contributed by atoms with Gasteiger partial charge >= 0.3 is 0 Å². The Hall–Kier alpha value is -1.61. The summed E-state index contributed by atoms with van der Waals surface area (Å²) in [6.45, 7) is 3.11. The summed E-state index contributed by atoms with van der Waals surface area (Å²) >= 11 is 0. The van der Waals surface area contributed by atoms with E-state index in [0.717, 1.165) is 19.5 Å². The predicted octanol–water partition coefficient (Wildman–Crippen LogP) is -0.0873. The van der Waals surface area contributed by atoms with Crippen molar-refractivity contribution in [1.82, 2.24) is 14.7 Å². The maximum atomic E-state index is 11.8. The molecule has 106 valence electrons. The zero-order valence-electron chi connectivity index (χ0n) is 11.8. The lowest BCUT2D eigenvalue weighted by Gasteiger charge is -2.21. The Morgan fingerprint density at radius 2 is 2.21 bits per heavy atom. The third kappa shape index (κ3) is 5.26. The van der Waals surface area contributed by atoms with Crippen LogP contribution in [0.1, 0.15) is 19.3 Å². The summed E-state index contributed by atoms with van der Waals surface area (Å²) in [5.41, 5.74) is 0. The van der Waals surface area contributed by atoms with Crippen molar-refractivity contribution in [3.63, 3.8) is 0 Å². The second-order valence-corrected chi connectivity index (χ2v) is 4.92. The molecule has 1 aliphatic rings. The number of hydrogen-bond donors (Lipinski definition) is 0. The molecule has 0 aromatic rings. The molecule has 1 fully saturated rings. The van der Waals surface area contributed by atoms with Gasteiger partial charge in [0.15, 0.2) is 0 Å². The molecule has 19 heavy (non-hydrogen) atoms. The van der Waals surface area contributed by atoms with E-state index in [1.165, 1.54) is 0 Å². The molecule has 0 unspecified atom stereocenters. The second kappa shape index (κ2) is 7.74. The van der Waals surface area contributed by atoms with Gasteiger partial charge in [-0.05, 0) is 6.42 Å². The van der Waals surface area contributed by atoms with Gasteiger partial charge in [-0.25, -0.2) is 0 Å². The summed E-state index contributed by atoms with van der Waals surface area (Å²) in [5, 5.41) is 8.48. The lowest BCUT2D eigenvalue weighted by atomic mass is 10.3. The van der Waals surface area contributed by atoms with E-state index in [9.17, 15) is 9.59 Å². The van der Waals surface area contributed by atoms with Crippen LogP contribution < -0.4 is 0 Å². The fraction of sp³-hybridized carbons (Fsp3) is 0.769. The smallest absolute Gasteiger partial charge is 0.236 e. The number of nitriles is 1. The molecule has 0 bridgehead atoms. The van der Waals surface area contributed by atoms with Crippen molar-refractivity contribution < 1.29 is 9.59 Å². The molecule has 2 amide bonds. The van der Waals surface area contributed by atoms with E-state index in [-0.39, 0.29) is 11.8 Å². The molecule has 0 radical (unpaired) electrons. The van der Waals surface area contributed by atoms with E-state index in [1.807, 2.05) is 18.0 Å². The summed E-state index contributed by atoms with van der Waals surface area (Å²) < 4.78 is 0. The highest BCUT2D eigenvalue weighted by atomic mass is 16.2. The lowest BCUT2D eigenvalue weighted by molar-refractivity contribution is -0.132. The number of hydrogen-bond acceptors (Lipinski definition) is 4. The first-order chi connectivity index (χ1) is 9.04. The quantitative estimate of drug-likeness (QED) is 0.697. The highest BCUT2D eigenvalue weighted by Crippen LogP contribution is 2.04. The van der Waals surface area contributed by atoms with Gasteiger partial charge in [0.25, 0.3) is 0 Å². The Balaban J connectivity index is 2.33. The van der Waals surface area contributed by atoms with Crippen LogP contribution in [0.3, 0.4) is 0 Å². The number of carbonyl (C=O) groups excluding carboxylic acids is 2. The number of amides is 2. The molecule has 1 rings (SSSR count). The normalized spacial score (nSPS) is 16.9. The van der Waals surface area contributed by atoms with E-state index in [2.05, 4.69) is 0 Å². The summed E-state index contributed by atoms with van der Waals surface area (Å²) in [5.74, 6) is 0.142. The first-order valence-corrected chi connectivity index (χ1v) is 6.62. The standard InChI is InChI=1S/C13H22N4O2/c1-15(7-3-6-14)12(18)5-10-17-9-4-8-16(2)13(19)11-17/h3-5,7-11H2,1-2H3. The van der Waals surface area contributed by atoms with Crippen molar-refractivity contribution >= 4 is 11.8 Å². The molecular formula is C13H22N4O2. The van der Waals surface area contributed by atoms with E-state index in [4.69, 9.17) is 5.26 Å². The predicted molar refractivity (Wildman–Crippen MR) is 71.2 cm³/mol. The Labute approximate surface area is 114 Å². The van der Waals surface area contributed by atoms with Crippen LogP contribution in [-0.2, 0) is 9.59 Å². The average molecular weight is 266 g/mol. The topological polar surface area (TPSA) is 67.7 Å². The van der Waals surface area contributed by atoms with Gasteiger partial charge in [-0.2, -0.15) is 5.26 Å². The molecule has 6 heteroatoms. The highest BCUT2D eigenvalue weighted by Gasteiger charge is 2.19. The fourth-order valence-corrected chi connectivity index (χ4v) is 2.03. The van der Waals surface area contributed by atoms with Crippen LogP contribution in [0.4, 0.5) is 0 Å². The Morgan fingerprint density at radius 1 is 1.47 bits per heavy atom. The summed E-state index contributed by atoms with van der Waals surface area (Å²) in [7, 11) is 3.52. The van der Waals surface area contributed by atoms with Crippen LogP contribution in [0.2, 0.25) is 0 Å². The van der Waals surface area contributed by atoms with Gasteiger partial charge in [0, 0.05) is 46.7 Å². The van der Waals surface area contributed by atoms with Crippen LogP contribution in [0.15, 0.2) is 0 Å². The molecular weight excluding hydrogens is 244 g/mol. The molecule has 0 atom stereocenters. The van der Waals surface area contributed by atoms with Gasteiger partial charge in [-0.3, -0.25) is 14.5 Å². The summed E-state index contributed by atoms with van der Waals surface area (Å²) in [6, 6.07) is 2.02. The molecule has 0 spiro atoms. The van der Waals surface area contributed by atoms with Crippen molar-refractivity contribution in [1.29, 1.82) is 5.26 Å². The molecule has 0 saturated carbocycles. The van der Waals surface area contributed by atoms with E-state index in [1.54, 1.807) is 16.8 Å². The van der Waals surface area contributed by atoms with Gasteiger partial charge in [0.1, 0.15) is 0 Å². The zero-order chi connectivity index (χ0) is 14.3. The van der Waals surface area contributed by atoms with Crippen LogP contribution in [0.25, 0.3) is 0 Å². The molecule has 1 saturated heterocycles. The minimum Gasteiger partial charge on any atom is -0.345 e. The second-order valence-electron chi connectivity index (χ2n) is 4.92. The molecule has 1 aliphatic heterocycles. The van der Waals surface area contributed by atoms with Gasteiger partial charge in [0.05, 0.1) is 19.0 Å². The van der Waals surface area contributed by atoms with Crippen molar-refractivity contribution in [3.8, 4) is 6.07 Å². The molecule has 1 heterocycles. The maximum Gasteiger partial charge on any atom is 0.236 e. The fourth-order valence-electron chi connectivity index (χ4n) is 2.03. The van der Waals surface area contributed by atoms with Crippen molar-refractivity contribution in [2.75, 3.05) is 46.8 Å². The monoisotopic (exact) mass is 266 g/mol. The molecule has 0 aliphatic carbocycles. The average Bonchev–Trinajstić information content (AvgIpc) is 2.55. The lowest BCUT2D eigenvalue weighted by Crippen LogP contribution is -2.37. The number of likely N-dealkylation sites (N-methyl/N-ethyl adjacent to an activating group) is 1. The SMILES string of the molecule is CN(CCC#N)C(=O)CCN1CCCN(C)C(=O)C1. The van der Waals surface area contributed by atoms with Crippen molar-refractivity contribution in [2.45, 2.75) is 19.3 Å². The van der Waals surface area contributed by atoms with Gasteiger partial charge < -0.3 is 9.80 Å².